The molecule has 0 saturated carbocycles. The second-order valence-corrected chi connectivity index (χ2v) is 9.29. The van der Waals surface area contributed by atoms with Crippen molar-refractivity contribution in [2.24, 2.45) is 17.8 Å². The van der Waals surface area contributed by atoms with Crippen LogP contribution in [0.1, 0.15) is 61.3 Å². The number of carbonyl (C=O) groups is 1. The van der Waals surface area contributed by atoms with Gasteiger partial charge in [-0.25, -0.2) is 0 Å². The molecule has 0 saturated heterocycles. The van der Waals surface area contributed by atoms with E-state index in [0.29, 0.717) is 43.8 Å². The topological polar surface area (TPSA) is 60.5 Å². The van der Waals surface area contributed by atoms with E-state index < -0.39 is 5.60 Å². The van der Waals surface area contributed by atoms with E-state index in [1.165, 1.54) is 0 Å². The summed E-state index contributed by atoms with van der Waals surface area (Å²) < 4.78 is 12.1. The smallest absolute Gasteiger partial charge is 0.256 e. The van der Waals surface area contributed by atoms with E-state index >= 15 is 0 Å². The van der Waals surface area contributed by atoms with Gasteiger partial charge < -0.3 is 14.8 Å². The zero-order valence-electron chi connectivity index (χ0n) is 19.6. The summed E-state index contributed by atoms with van der Waals surface area (Å²) in [5, 5.41) is 4.02. The van der Waals surface area contributed by atoms with Crippen LogP contribution in [-0.2, 0) is 9.53 Å². The Labute approximate surface area is 181 Å². The van der Waals surface area contributed by atoms with Gasteiger partial charge in [0.05, 0.1) is 12.3 Å². The van der Waals surface area contributed by atoms with Gasteiger partial charge >= 0.3 is 0 Å². The first kappa shape index (κ1) is 24.1. The Balaban J connectivity index is 2.41. The molecule has 0 aliphatic heterocycles. The minimum Gasteiger partial charge on any atom is -0.491 e. The maximum atomic E-state index is 13.6. The summed E-state index contributed by atoms with van der Waals surface area (Å²) in [6.07, 6.45) is 3.10. The first-order valence-electron chi connectivity index (χ1n) is 11.1. The van der Waals surface area contributed by atoms with E-state index in [0.717, 1.165) is 22.3 Å². The van der Waals surface area contributed by atoms with Crippen LogP contribution in [0, 0.1) is 17.8 Å². The maximum absolute atomic E-state index is 13.6. The van der Waals surface area contributed by atoms with Gasteiger partial charge in [0.15, 0.2) is 0 Å². The molecule has 0 radical (unpaired) electrons. The number of pyridine rings is 1. The first-order valence-corrected chi connectivity index (χ1v) is 11.1. The van der Waals surface area contributed by atoms with Crippen LogP contribution in [0.2, 0.25) is 0 Å². The first-order chi connectivity index (χ1) is 14.2. The van der Waals surface area contributed by atoms with Gasteiger partial charge in [-0.05, 0) is 61.8 Å². The minimum atomic E-state index is -0.849. The normalized spacial score (nSPS) is 12.2. The zero-order valence-corrected chi connectivity index (χ0v) is 19.6. The van der Waals surface area contributed by atoms with Crippen molar-refractivity contribution in [2.75, 3.05) is 18.5 Å². The number of amides is 1. The highest BCUT2D eigenvalue weighted by atomic mass is 16.5. The van der Waals surface area contributed by atoms with Crippen molar-refractivity contribution in [3.63, 3.8) is 0 Å². The number of nitrogens with zero attached hydrogens (tertiary/aromatic N) is 1. The van der Waals surface area contributed by atoms with Crippen LogP contribution >= 0.6 is 0 Å². The molecule has 30 heavy (non-hydrogen) atoms. The lowest BCUT2D eigenvalue weighted by Gasteiger charge is -2.35. The monoisotopic (exact) mass is 414 g/mol. The van der Waals surface area contributed by atoms with Crippen molar-refractivity contribution in [1.82, 2.24) is 4.98 Å². The van der Waals surface area contributed by atoms with E-state index in [-0.39, 0.29) is 5.91 Å². The predicted molar refractivity (Wildman–Crippen MR) is 124 cm³/mol. The van der Waals surface area contributed by atoms with Crippen molar-refractivity contribution in [3.8, 4) is 5.75 Å². The number of anilines is 1. The maximum Gasteiger partial charge on any atom is 0.256 e. The quantitative estimate of drug-likeness (QED) is 0.484. The fourth-order valence-electron chi connectivity index (χ4n) is 3.91. The van der Waals surface area contributed by atoms with Crippen LogP contribution in [0.4, 0.5) is 5.69 Å². The second kappa shape index (κ2) is 10.8. The van der Waals surface area contributed by atoms with E-state index in [4.69, 9.17) is 9.47 Å². The number of aromatic nitrogens is 1. The van der Waals surface area contributed by atoms with Crippen LogP contribution in [0.25, 0.3) is 10.9 Å². The van der Waals surface area contributed by atoms with Gasteiger partial charge in [0.2, 0.25) is 0 Å². The average Bonchev–Trinajstić information content (AvgIpc) is 2.66. The molecule has 0 spiro atoms. The number of ether oxygens (including phenoxy) is 2. The van der Waals surface area contributed by atoms with Crippen molar-refractivity contribution in [1.29, 1.82) is 0 Å². The fourth-order valence-corrected chi connectivity index (χ4v) is 3.91. The van der Waals surface area contributed by atoms with Crippen molar-refractivity contribution >= 4 is 22.5 Å². The Hall–Kier alpha value is -2.14. The number of fused-ring (bicyclic) bond motifs is 1. The van der Waals surface area contributed by atoms with Crippen molar-refractivity contribution in [2.45, 2.75) is 66.9 Å². The molecule has 5 heteroatoms. The van der Waals surface area contributed by atoms with Crippen molar-refractivity contribution in [3.05, 3.63) is 30.5 Å². The summed E-state index contributed by atoms with van der Waals surface area (Å²) in [5.74, 6) is 1.74. The second-order valence-electron chi connectivity index (χ2n) is 9.29. The lowest BCUT2D eigenvalue weighted by molar-refractivity contribution is -0.146. The molecular weight excluding hydrogens is 376 g/mol. The molecule has 1 heterocycles. The lowest BCUT2D eigenvalue weighted by atomic mass is 9.83. The molecule has 0 unspecified atom stereocenters. The van der Waals surface area contributed by atoms with Gasteiger partial charge in [0.25, 0.3) is 5.91 Å². The molecule has 166 valence electrons. The molecule has 1 aromatic carbocycles. The summed E-state index contributed by atoms with van der Waals surface area (Å²) in [4.78, 5) is 18.1. The number of hydrogen-bond donors (Lipinski definition) is 1. The third-order valence-electron chi connectivity index (χ3n) is 4.86. The Kier molecular flexibility index (Phi) is 8.65. The Morgan fingerprint density at radius 3 is 2.27 bits per heavy atom. The van der Waals surface area contributed by atoms with E-state index in [1.54, 1.807) is 6.20 Å². The molecule has 0 aliphatic carbocycles. The molecule has 5 nitrogen and oxygen atoms in total. The van der Waals surface area contributed by atoms with E-state index in [9.17, 15) is 4.79 Å². The summed E-state index contributed by atoms with van der Waals surface area (Å²) in [6.45, 7) is 15.8. The molecule has 2 aromatic rings. The largest absolute Gasteiger partial charge is 0.491 e. The summed E-state index contributed by atoms with van der Waals surface area (Å²) in [7, 11) is 0. The van der Waals surface area contributed by atoms with Crippen LogP contribution in [0.3, 0.4) is 0 Å². The number of rotatable bonds is 11. The molecular formula is C25H38N2O3. The van der Waals surface area contributed by atoms with Crippen LogP contribution in [-0.4, -0.2) is 29.7 Å². The minimum absolute atomic E-state index is 0.0900. The molecule has 0 fully saturated rings. The van der Waals surface area contributed by atoms with Crippen molar-refractivity contribution < 1.29 is 14.3 Å². The molecule has 2 rings (SSSR count). The third-order valence-corrected chi connectivity index (χ3v) is 4.86. The SMILES string of the molecule is CCOC(CC(C)C)(CC(C)C)C(=O)Nc1ccc(OCC(C)C)c2ncccc12. The van der Waals surface area contributed by atoms with Gasteiger partial charge in [-0.2, -0.15) is 0 Å². The van der Waals surface area contributed by atoms with Gasteiger partial charge in [-0.1, -0.05) is 41.5 Å². The highest BCUT2D eigenvalue weighted by Crippen LogP contribution is 2.34. The molecule has 1 aromatic heterocycles. The Morgan fingerprint density at radius 2 is 1.70 bits per heavy atom. The fraction of sp³-hybridized carbons (Fsp3) is 0.600. The highest BCUT2D eigenvalue weighted by Gasteiger charge is 2.40. The predicted octanol–water partition coefficient (Wildman–Crippen LogP) is 6.08. The number of carbonyl (C=O) groups excluding carboxylic acids is 1. The standard InChI is InChI=1S/C25H38N2O3/c1-8-30-25(14-17(2)3,15-18(4)5)24(28)27-21-11-12-22(29-16-19(6)7)23-20(21)10-9-13-26-23/h9-13,17-19H,8,14-16H2,1-7H3,(H,27,28). The molecule has 1 amide bonds. The van der Waals surface area contributed by atoms with Crippen LogP contribution in [0.5, 0.6) is 5.75 Å². The average molecular weight is 415 g/mol. The molecule has 0 atom stereocenters. The molecule has 0 aliphatic rings. The summed E-state index contributed by atoms with van der Waals surface area (Å²) in [5.41, 5.74) is 0.639. The third kappa shape index (κ3) is 6.18. The van der Waals surface area contributed by atoms with Gasteiger partial charge in [-0.3, -0.25) is 9.78 Å². The number of benzene rings is 1. The zero-order chi connectivity index (χ0) is 22.3. The number of nitrogens with one attached hydrogen (secondary N) is 1. The van der Waals surface area contributed by atoms with Crippen LogP contribution in [0.15, 0.2) is 30.5 Å². The summed E-state index contributed by atoms with van der Waals surface area (Å²) in [6, 6.07) is 7.63. The lowest BCUT2D eigenvalue weighted by Crippen LogP contribution is -2.47. The molecule has 0 bridgehead atoms. The van der Waals surface area contributed by atoms with Gasteiger partial charge in [0.1, 0.15) is 16.9 Å². The van der Waals surface area contributed by atoms with Gasteiger partial charge in [0, 0.05) is 18.2 Å². The highest BCUT2D eigenvalue weighted by molar-refractivity contribution is 6.05. The van der Waals surface area contributed by atoms with E-state index in [2.05, 4.69) is 51.8 Å². The number of hydrogen-bond acceptors (Lipinski definition) is 4. The Morgan fingerprint density at radius 1 is 1.03 bits per heavy atom. The molecule has 1 N–H and O–H groups in total. The Bertz CT molecular complexity index is 820. The van der Waals surface area contributed by atoms with Gasteiger partial charge in [-0.15, -0.1) is 0 Å². The van der Waals surface area contributed by atoms with Crippen LogP contribution < -0.4 is 10.1 Å². The summed E-state index contributed by atoms with van der Waals surface area (Å²) >= 11 is 0. The van der Waals surface area contributed by atoms with E-state index in [1.807, 2.05) is 31.2 Å².